The van der Waals surface area contributed by atoms with Crippen LogP contribution in [0, 0.1) is 12.8 Å². The topological polar surface area (TPSA) is 104 Å². The summed E-state index contributed by atoms with van der Waals surface area (Å²) in [7, 11) is -3.23. The number of carbonyl (C=O) groups is 2. The van der Waals surface area contributed by atoms with Gasteiger partial charge in [-0.3, -0.25) is 4.79 Å². The SMILES string of the molecule is CCc1c(C)sc(NC(=O)C2CCN(S(=O)(=O)CC)CC2)c1C(=O)O. The van der Waals surface area contributed by atoms with Crippen LogP contribution in [0.1, 0.15) is 47.5 Å². The number of hydrogen-bond donors (Lipinski definition) is 2. The number of aryl methyl sites for hydroxylation is 1. The van der Waals surface area contributed by atoms with Crippen molar-refractivity contribution < 1.29 is 23.1 Å². The number of thiophene rings is 1. The minimum atomic E-state index is -3.23. The second-order valence-electron chi connectivity index (χ2n) is 6.06. The Bertz CT molecular complexity index is 762. The van der Waals surface area contributed by atoms with Crippen LogP contribution in [-0.2, 0) is 21.2 Å². The van der Waals surface area contributed by atoms with Gasteiger partial charge in [0, 0.05) is 23.9 Å². The van der Waals surface area contributed by atoms with Crippen LogP contribution in [0.2, 0.25) is 0 Å². The molecule has 0 saturated carbocycles. The molecule has 2 N–H and O–H groups in total. The van der Waals surface area contributed by atoms with E-state index in [-0.39, 0.29) is 23.1 Å². The first-order valence-electron chi connectivity index (χ1n) is 8.35. The highest BCUT2D eigenvalue weighted by molar-refractivity contribution is 7.89. The Kier molecular flexibility index (Phi) is 6.23. The monoisotopic (exact) mass is 388 g/mol. The van der Waals surface area contributed by atoms with E-state index < -0.39 is 16.0 Å². The van der Waals surface area contributed by atoms with Gasteiger partial charge in [0.1, 0.15) is 5.00 Å². The zero-order valence-corrected chi connectivity index (χ0v) is 16.3. The molecule has 0 radical (unpaired) electrons. The summed E-state index contributed by atoms with van der Waals surface area (Å²) in [6.07, 6.45) is 1.48. The van der Waals surface area contributed by atoms with Gasteiger partial charge in [-0.1, -0.05) is 6.92 Å². The second kappa shape index (κ2) is 7.84. The number of anilines is 1. The van der Waals surface area contributed by atoms with Gasteiger partial charge in [0.15, 0.2) is 0 Å². The average Bonchev–Trinajstić information content (AvgIpc) is 2.90. The van der Waals surface area contributed by atoms with Gasteiger partial charge in [-0.2, -0.15) is 0 Å². The lowest BCUT2D eigenvalue weighted by atomic mass is 9.97. The van der Waals surface area contributed by atoms with E-state index in [4.69, 9.17) is 0 Å². The molecule has 25 heavy (non-hydrogen) atoms. The smallest absolute Gasteiger partial charge is 0.339 e. The van der Waals surface area contributed by atoms with E-state index in [1.54, 1.807) is 6.92 Å². The standard InChI is InChI=1S/C16H24N2O5S2/c1-4-12-10(3)24-15(13(12)16(20)21)17-14(19)11-6-8-18(9-7-11)25(22,23)5-2/h11H,4-9H2,1-3H3,(H,17,19)(H,20,21). The average molecular weight is 389 g/mol. The molecule has 2 rings (SSSR count). The van der Waals surface area contributed by atoms with Crippen LogP contribution in [0.25, 0.3) is 0 Å². The molecule has 1 aromatic heterocycles. The van der Waals surface area contributed by atoms with Gasteiger partial charge >= 0.3 is 5.97 Å². The Balaban J connectivity index is 2.08. The first-order chi connectivity index (χ1) is 11.7. The van der Waals surface area contributed by atoms with Crippen LogP contribution in [-0.4, -0.2) is 48.5 Å². The highest BCUT2D eigenvalue weighted by atomic mass is 32.2. The van der Waals surface area contributed by atoms with Crippen molar-refractivity contribution in [1.29, 1.82) is 0 Å². The maximum Gasteiger partial charge on any atom is 0.339 e. The normalized spacial score (nSPS) is 16.8. The Morgan fingerprint density at radius 3 is 2.36 bits per heavy atom. The number of amides is 1. The molecule has 1 aliphatic heterocycles. The van der Waals surface area contributed by atoms with Gasteiger partial charge < -0.3 is 10.4 Å². The molecule has 9 heteroatoms. The minimum absolute atomic E-state index is 0.0557. The maximum atomic E-state index is 12.5. The lowest BCUT2D eigenvalue weighted by Gasteiger charge is -2.30. The number of rotatable bonds is 6. The molecule has 7 nitrogen and oxygen atoms in total. The van der Waals surface area contributed by atoms with Crippen molar-refractivity contribution in [3.05, 3.63) is 16.0 Å². The number of carboxylic acids is 1. The van der Waals surface area contributed by atoms with Gasteiger partial charge in [0.2, 0.25) is 15.9 Å². The molecule has 140 valence electrons. The van der Waals surface area contributed by atoms with Crippen LogP contribution < -0.4 is 5.32 Å². The first kappa shape index (κ1) is 19.9. The number of nitrogens with one attached hydrogen (secondary N) is 1. The molecule has 0 atom stereocenters. The van der Waals surface area contributed by atoms with Crippen molar-refractivity contribution in [2.75, 3.05) is 24.2 Å². The lowest BCUT2D eigenvalue weighted by Crippen LogP contribution is -2.42. The third-order valence-corrected chi connectivity index (χ3v) is 7.54. The lowest BCUT2D eigenvalue weighted by molar-refractivity contribution is -0.120. The van der Waals surface area contributed by atoms with Crippen molar-refractivity contribution in [2.24, 2.45) is 5.92 Å². The molecule has 1 fully saturated rings. The van der Waals surface area contributed by atoms with Crippen LogP contribution in [0.4, 0.5) is 5.00 Å². The molecular weight excluding hydrogens is 364 g/mol. The summed E-state index contributed by atoms with van der Waals surface area (Å²) in [5.41, 5.74) is 0.918. The Morgan fingerprint density at radius 2 is 1.88 bits per heavy atom. The van der Waals surface area contributed by atoms with Crippen LogP contribution in [0.3, 0.4) is 0 Å². The van der Waals surface area contributed by atoms with E-state index in [0.717, 1.165) is 10.4 Å². The van der Waals surface area contributed by atoms with Gasteiger partial charge in [0.25, 0.3) is 0 Å². The van der Waals surface area contributed by atoms with E-state index in [9.17, 15) is 23.1 Å². The number of carbonyl (C=O) groups excluding carboxylic acids is 1. The Morgan fingerprint density at radius 1 is 1.28 bits per heavy atom. The summed E-state index contributed by atoms with van der Waals surface area (Å²) < 4.78 is 25.2. The summed E-state index contributed by atoms with van der Waals surface area (Å²) in [6, 6.07) is 0. The third kappa shape index (κ3) is 4.21. The van der Waals surface area contributed by atoms with Gasteiger partial charge in [-0.05, 0) is 38.7 Å². The van der Waals surface area contributed by atoms with Crippen LogP contribution in [0.15, 0.2) is 0 Å². The van der Waals surface area contributed by atoms with Crippen molar-refractivity contribution in [1.82, 2.24) is 4.31 Å². The molecule has 1 amide bonds. The molecule has 1 aromatic rings. The predicted molar refractivity (Wildman–Crippen MR) is 97.8 cm³/mol. The summed E-state index contributed by atoms with van der Waals surface area (Å²) >= 11 is 1.28. The summed E-state index contributed by atoms with van der Waals surface area (Å²) in [4.78, 5) is 24.9. The zero-order chi connectivity index (χ0) is 18.8. The first-order valence-corrected chi connectivity index (χ1v) is 10.8. The molecule has 0 spiro atoms. The van der Waals surface area contributed by atoms with Gasteiger partial charge in [0.05, 0.1) is 11.3 Å². The third-order valence-electron chi connectivity index (χ3n) is 4.60. The Labute approximate surface area is 152 Å². The van der Waals surface area contributed by atoms with Crippen molar-refractivity contribution in [2.45, 2.75) is 40.0 Å². The predicted octanol–water partition coefficient (Wildman–Crippen LogP) is 2.32. The number of hydrogen-bond acceptors (Lipinski definition) is 5. The highest BCUT2D eigenvalue weighted by Gasteiger charge is 2.31. The quantitative estimate of drug-likeness (QED) is 0.778. The zero-order valence-electron chi connectivity index (χ0n) is 14.7. The summed E-state index contributed by atoms with van der Waals surface area (Å²) in [5, 5.41) is 12.6. The van der Waals surface area contributed by atoms with Gasteiger partial charge in [-0.25, -0.2) is 17.5 Å². The number of sulfonamides is 1. The van der Waals surface area contributed by atoms with Gasteiger partial charge in [-0.15, -0.1) is 11.3 Å². The number of carboxylic acid groups (broad SMARTS) is 1. The van der Waals surface area contributed by atoms with E-state index in [1.165, 1.54) is 15.6 Å². The van der Waals surface area contributed by atoms with Crippen LogP contribution >= 0.6 is 11.3 Å². The summed E-state index contributed by atoms with van der Waals surface area (Å²) in [5.74, 6) is -1.53. The molecule has 2 heterocycles. The molecule has 1 saturated heterocycles. The maximum absolute atomic E-state index is 12.5. The molecule has 0 unspecified atom stereocenters. The highest BCUT2D eigenvalue weighted by Crippen LogP contribution is 2.34. The van der Waals surface area contributed by atoms with Crippen molar-refractivity contribution in [3.8, 4) is 0 Å². The van der Waals surface area contributed by atoms with E-state index in [2.05, 4.69) is 5.32 Å². The minimum Gasteiger partial charge on any atom is -0.478 e. The molecule has 1 aliphatic rings. The van der Waals surface area contributed by atoms with E-state index in [0.29, 0.717) is 37.4 Å². The fraction of sp³-hybridized carbons (Fsp3) is 0.625. The molecule has 0 aliphatic carbocycles. The second-order valence-corrected chi connectivity index (χ2v) is 9.55. The fourth-order valence-corrected chi connectivity index (χ4v) is 5.38. The number of aromatic carboxylic acids is 1. The van der Waals surface area contributed by atoms with Crippen molar-refractivity contribution in [3.63, 3.8) is 0 Å². The van der Waals surface area contributed by atoms with E-state index >= 15 is 0 Å². The summed E-state index contributed by atoms with van der Waals surface area (Å²) in [6.45, 7) is 5.98. The van der Waals surface area contributed by atoms with E-state index in [1.807, 2.05) is 13.8 Å². The number of piperidine rings is 1. The largest absolute Gasteiger partial charge is 0.478 e. The Hall–Kier alpha value is -1.45. The number of nitrogens with zero attached hydrogens (tertiary/aromatic N) is 1. The molecule has 0 aromatic carbocycles. The van der Waals surface area contributed by atoms with Crippen LogP contribution in [0.5, 0.6) is 0 Å². The molecule has 0 bridgehead atoms. The molecular formula is C16H24N2O5S2. The van der Waals surface area contributed by atoms with Crippen molar-refractivity contribution >= 4 is 38.2 Å². The fourth-order valence-electron chi connectivity index (χ4n) is 3.11.